The summed E-state index contributed by atoms with van der Waals surface area (Å²) in [7, 11) is 0. The van der Waals surface area contributed by atoms with Crippen LogP contribution < -0.4 is 5.32 Å². The Morgan fingerprint density at radius 2 is 1.89 bits per heavy atom. The van der Waals surface area contributed by atoms with Crippen molar-refractivity contribution in [3.63, 3.8) is 0 Å². The van der Waals surface area contributed by atoms with Crippen LogP contribution in [-0.2, 0) is 9.59 Å². The number of carboxylic acid groups (broad SMARTS) is 1. The number of nitrogens with one attached hydrogen (secondary N) is 1. The molecule has 5 nitrogen and oxygen atoms in total. The molecule has 18 heavy (non-hydrogen) atoms. The van der Waals surface area contributed by atoms with E-state index in [0.717, 1.165) is 12.8 Å². The summed E-state index contributed by atoms with van der Waals surface area (Å²) in [5, 5.41) is 11.7. The van der Waals surface area contributed by atoms with Gasteiger partial charge in [-0.3, -0.25) is 14.5 Å². The third-order valence-electron chi connectivity index (χ3n) is 2.69. The van der Waals surface area contributed by atoms with Gasteiger partial charge in [-0.15, -0.1) is 0 Å². The molecule has 0 spiro atoms. The molecular weight excluding hydrogens is 232 g/mol. The zero-order valence-corrected chi connectivity index (χ0v) is 11.9. The third-order valence-corrected chi connectivity index (χ3v) is 2.69. The second-order valence-corrected chi connectivity index (χ2v) is 5.04. The maximum atomic E-state index is 11.9. The maximum absolute atomic E-state index is 11.9. The molecule has 0 aromatic heterocycles. The van der Waals surface area contributed by atoms with Crippen LogP contribution in [0, 0.1) is 5.92 Å². The summed E-state index contributed by atoms with van der Waals surface area (Å²) >= 11 is 0. The minimum absolute atomic E-state index is 0.0923. The summed E-state index contributed by atoms with van der Waals surface area (Å²) in [5.41, 5.74) is 0. The summed E-state index contributed by atoms with van der Waals surface area (Å²) in [5.74, 6) is -0.663. The largest absolute Gasteiger partial charge is 0.480 e. The SMILES string of the molecule is CCCCNC(=O)C(C)N(CC(=O)O)CC(C)C. The first kappa shape index (κ1) is 16.9. The van der Waals surface area contributed by atoms with Gasteiger partial charge in [0.05, 0.1) is 12.6 Å². The van der Waals surface area contributed by atoms with Crippen molar-refractivity contribution in [2.24, 2.45) is 5.92 Å². The number of hydrogen-bond donors (Lipinski definition) is 2. The van der Waals surface area contributed by atoms with Gasteiger partial charge in [0.1, 0.15) is 0 Å². The van der Waals surface area contributed by atoms with Gasteiger partial charge in [0.25, 0.3) is 0 Å². The lowest BCUT2D eigenvalue weighted by molar-refractivity contribution is -0.140. The van der Waals surface area contributed by atoms with Crippen LogP contribution in [0.4, 0.5) is 0 Å². The normalized spacial score (nSPS) is 12.8. The predicted octanol–water partition coefficient (Wildman–Crippen LogP) is 1.33. The van der Waals surface area contributed by atoms with E-state index in [-0.39, 0.29) is 12.5 Å². The first-order valence-electron chi connectivity index (χ1n) is 6.62. The highest BCUT2D eigenvalue weighted by Gasteiger charge is 2.23. The molecule has 2 N–H and O–H groups in total. The lowest BCUT2D eigenvalue weighted by atomic mass is 10.1. The van der Waals surface area contributed by atoms with Crippen LogP contribution in [0.1, 0.15) is 40.5 Å². The molecule has 0 aliphatic heterocycles. The molecule has 106 valence electrons. The fourth-order valence-corrected chi connectivity index (χ4v) is 1.70. The minimum atomic E-state index is -0.899. The van der Waals surface area contributed by atoms with Crippen LogP contribution >= 0.6 is 0 Å². The molecule has 0 aromatic carbocycles. The van der Waals surface area contributed by atoms with E-state index in [0.29, 0.717) is 19.0 Å². The highest BCUT2D eigenvalue weighted by atomic mass is 16.4. The Hall–Kier alpha value is -1.10. The molecular formula is C13H26N2O3. The molecule has 0 heterocycles. The van der Waals surface area contributed by atoms with E-state index >= 15 is 0 Å². The molecule has 0 saturated carbocycles. The zero-order valence-electron chi connectivity index (χ0n) is 11.9. The molecule has 0 rings (SSSR count). The first-order valence-corrected chi connectivity index (χ1v) is 6.62. The van der Waals surface area contributed by atoms with Crippen LogP contribution in [0.15, 0.2) is 0 Å². The topological polar surface area (TPSA) is 69.6 Å². The number of amides is 1. The van der Waals surface area contributed by atoms with Crippen molar-refractivity contribution >= 4 is 11.9 Å². The summed E-state index contributed by atoms with van der Waals surface area (Å²) in [6.45, 7) is 9.00. The van der Waals surface area contributed by atoms with Crippen molar-refractivity contribution in [2.75, 3.05) is 19.6 Å². The quantitative estimate of drug-likeness (QED) is 0.612. The van der Waals surface area contributed by atoms with Crippen molar-refractivity contribution in [2.45, 2.75) is 46.6 Å². The Morgan fingerprint density at radius 3 is 2.33 bits per heavy atom. The number of nitrogens with zero attached hydrogens (tertiary/aromatic N) is 1. The van der Waals surface area contributed by atoms with Gasteiger partial charge < -0.3 is 10.4 Å². The molecule has 0 bridgehead atoms. The number of hydrogen-bond acceptors (Lipinski definition) is 3. The van der Waals surface area contributed by atoms with Gasteiger partial charge in [-0.2, -0.15) is 0 Å². The van der Waals surface area contributed by atoms with E-state index in [1.54, 1.807) is 11.8 Å². The molecule has 1 atom stereocenters. The van der Waals surface area contributed by atoms with E-state index in [4.69, 9.17) is 5.11 Å². The smallest absolute Gasteiger partial charge is 0.317 e. The monoisotopic (exact) mass is 258 g/mol. The van der Waals surface area contributed by atoms with Crippen LogP contribution in [0.5, 0.6) is 0 Å². The number of aliphatic carboxylic acids is 1. The molecule has 0 fully saturated rings. The van der Waals surface area contributed by atoms with Crippen molar-refractivity contribution < 1.29 is 14.7 Å². The lowest BCUT2D eigenvalue weighted by Gasteiger charge is -2.28. The molecule has 5 heteroatoms. The number of carbonyl (C=O) groups is 2. The zero-order chi connectivity index (χ0) is 14.1. The number of unbranched alkanes of at least 4 members (excludes halogenated alkanes) is 1. The highest BCUT2D eigenvalue weighted by molar-refractivity contribution is 5.82. The van der Waals surface area contributed by atoms with Crippen molar-refractivity contribution in [3.8, 4) is 0 Å². The lowest BCUT2D eigenvalue weighted by Crippen LogP contribution is -2.48. The Bertz CT molecular complexity index is 267. The summed E-state index contributed by atoms with van der Waals surface area (Å²) in [6.07, 6.45) is 1.97. The average molecular weight is 258 g/mol. The van der Waals surface area contributed by atoms with E-state index in [1.165, 1.54) is 0 Å². The van der Waals surface area contributed by atoms with E-state index in [9.17, 15) is 9.59 Å². The Morgan fingerprint density at radius 1 is 1.28 bits per heavy atom. The second kappa shape index (κ2) is 8.91. The van der Waals surface area contributed by atoms with E-state index < -0.39 is 12.0 Å². The maximum Gasteiger partial charge on any atom is 0.317 e. The van der Waals surface area contributed by atoms with Crippen LogP contribution in [0.25, 0.3) is 0 Å². The predicted molar refractivity (Wildman–Crippen MR) is 71.4 cm³/mol. The Kier molecular flexibility index (Phi) is 8.37. The van der Waals surface area contributed by atoms with Gasteiger partial charge in [-0.05, 0) is 19.3 Å². The van der Waals surface area contributed by atoms with Crippen LogP contribution in [-0.4, -0.2) is 47.6 Å². The summed E-state index contributed by atoms with van der Waals surface area (Å²) in [6, 6.07) is -0.402. The van der Waals surface area contributed by atoms with Gasteiger partial charge in [0, 0.05) is 13.1 Å². The van der Waals surface area contributed by atoms with Crippen LogP contribution in [0.3, 0.4) is 0 Å². The van der Waals surface area contributed by atoms with Gasteiger partial charge in [-0.25, -0.2) is 0 Å². The molecule has 0 saturated heterocycles. The first-order chi connectivity index (χ1) is 8.38. The Balaban J connectivity index is 4.37. The van der Waals surface area contributed by atoms with Gasteiger partial charge in [0.15, 0.2) is 0 Å². The fourth-order valence-electron chi connectivity index (χ4n) is 1.70. The fraction of sp³-hybridized carbons (Fsp3) is 0.846. The molecule has 0 aliphatic carbocycles. The van der Waals surface area contributed by atoms with E-state index in [1.807, 2.05) is 13.8 Å². The number of rotatable bonds is 9. The van der Waals surface area contributed by atoms with Crippen molar-refractivity contribution in [1.82, 2.24) is 10.2 Å². The number of carboxylic acids is 1. The molecule has 1 amide bonds. The molecule has 1 unspecified atom stereocenters. The molecule has 0 radical (unpaired) electrons. The Labute approximate surface area is 110 Å². The molecule has 0 aliphatic rings. The standard InChI is InChI=1S/C13H26N2O3/c1-5-6-7-14-13(18)11(4)15(8-10(2)3)9-12(16)17/h10-11H,5-9H2,1-4H3,(H,14,18)(H,16,17). The van der Waals surface area contributed by atoms with Crippen LogP contribution in [0.2, 0.25) is 0 Å². The number of carbonyl (C=O) groups excluding carboxylic acids is 1. The van der Waals surface area contributed by atoms with Gasteiger partial charge in [0.2, 0.25) is 5.91 Å². The average Bonchev–Trinajstić information content (AvgIpc) is 2.26. The van der Waals surface area contributed by atoms with Crippen molar-refractivity contribution in [1.29, 1.82) is 0 Å². The highest BCUT2D eigenvalue weighted by Crippen LogP contribution is 2.05. The summed E-state index contributed by atoms with van der Waals surface area (Å²) in [4.78, 5) is 24.4. The van der Waals surface area contributed by atoms with Gasteiger partial charge in [-0.1, -0.05) is 27.2 Å². The van der Waals surface area contributed by atoms with Crippen molar-refractivity contribution in [3.05, 3.63) is 0 Å². The minimum Gasteiger partial charge on any atom is -0.480 e. The van der Waals surface area contributed by atoms with Gasteiger partial charge >= 0.3 is 5.97 Å². The third kappa shape index (κ3) is 7.27. The summed E-state index contributed by atoms with van der Waals surface area (Å²) < 4.78 is 0. The molecule has 0 aromatic rings. The van der Waals surface area contributed by atoms with E-state index in [2.05, 4.69) is 12.2 Å². The second-order valence-electron chi connectivity index (χ2n) is 5.04.